The Kier molecular flexibility index (Phi) is 5.05. The third kappa shape index (κ3) is 3.82. The van der Waals surface area contributed by atoms with Crippen molar-refractivity contribution in [1.82, 2.24) is 4.98 Å². The largest absolute Gasteiger partial charge is 0.369 e. The van der Waals surface area contributed by atoms with Gasteiger partial charge in [0, 0.05) is 17.3 Å². The summed E-state index contributed by atoms with van der Waals surface area (Å²) in [6.45, 7) is 0. The second kappa shape index (κ2) is 7.61. The molecule has 0 radical (unpaired) electrons. The highest BCUT2D eigenvalue weighted by Crippen LogP contribution is 2.35. The standard InChI is InChI=1S/C23H28N2O/c24-23(26)14-17-11-9-16(10-12-17)13-19-15-22(18-5-2-1-3-6-18)25-21-8-4-7-20(19)21/h9-12,15,18H,1-8,13-14H2,(H2,24,26). The monoisotopic (exact) mass is 348 g/mol. The summed E-state index contributed by atoms with van der Waals surface area (Å²) in [4.78, 5) is 16.2. The molecule has 0 spiro atoms. The minimum atomic E-state index is -0.276. The van der Waals surface area contributed by atoms with Crippen LogP contribution in [-0.4, -0.2) is 10.9 Å². The van der Waals surface area contributed by atoms with Crippen molar-refractivity contribution in [3.8, 4) is 0 Å². The lowest BCUT2D eigenvalue weighted by atomic mass is 9.85. The predicted molar refractivity (Wildman–Crippen MR) is 104 cm³/mol. The lowest BCUT2D eigenvalue weighted by Crippen LogP contribution is -2.13. The third-order valence-electron chi connectivity index (χ3n) is 5.98. The summed E-state index contributed by atoms with van der Waals surface area (Å²) in [6.07, 6.45) is 11.5. The number of pyridine rings is 1. The zero-order valence-electron chi connectivity index (χ0n) is 15.5. The number of fused-ring (bicyclic) bond motifs is 1. The normalized spacial score (nSPS) is 17.2. The van der Waals surface area contributed by atoms with Gasteiger partial charge >= 0.3 is 0 Å². The summed E-state index contributed by atoms with van der Waals surface area (Å²) in [5, 5.41) is 0. The Morgan fingerprint density at radius 3 is 2.46 bits per heavy atom. The van der Waals surface area contributed by atoms with Gasteiger partial charge in [0.05, 0.1) is 6.42 Å². The van der Waals surface area contributed by atoms with E-state index in [0.29, 0.717) is 12.3 Å². The number of carbonyl (C=O) groups excluding carboxylic acids is 1. The molecule has 2 N–H and O–H groups in total. The van der Waals surface area contributed by atoms with E-state index in [1.807, 2.05) is 12.1 Å². The van der Waals surface area contributed by atoms with Crippen LogP contribution in [0.1, 0.15) is 78.1 Å². The van der Waals surface area contributed by atoms with Gasteiger partial charge in [0.1, 0.15) is 0 Å². The van der Waals surface area contributed by atoms with E-state index < -0.39 is 0 Å². The summed E-state index contributed by atoms with van der Waals surface area (Å²) >= 11 is 0. The molecule has 1 saturated carbocycles. The average molecular weight is 348 g/mol. The van der Waals surface area contributed by atoms with Crippen molar-refractivity contribution >= 4 is 5.91 Å². The number of aromatic nitrogens is 1. The van der Waals surface area contributed by atoms with Gasteiger partial charge in [-0.05, 0) is 66.8 Å². The van der Waals surface area contributed by atoms with Crippen LogP contribution in [0.25, 0.3) is 0 Å². The van der Waals surface area contributed by atoms with E-state index in [2.05, 4.69) is 18.2 Å². The summed E-state index contributed by atoms with van der Waals surface area (Å²) in [5.74, 6) is 0.383. The van der Waals surface area contributed by atoms with E-state index in [-0.39, 0.29) is 5.91 Å². The summed E-state index contributed by atoms with van der Waals surface area (Å²) < 4.78 is 0. The van der Waals surface area contributed by atoms with Crippen LogP contribution in [0.3, 0.4) is 0 Å². The summed E-state index contributed by atoms with van der Waals surface area (Å²) in [5.41, 5.74) is 13.2. The van der Waals surface area contributed by atoms with Crippen LogP contribution in [0.15, 0.2) is 30.3 Å². The van der Waals surface area contributed by atoms with E-state index in [1.54, 1.807) is 0 Å². The fourth-order valence-corrected chi connectivity index (χ4v) is 4.61. The van der Waals surface area contributed by atoms with Crippen molar-refractivity contribution in [2.24, 2.45) is 5.73 Å². The average Bonchev–Trinajstić information content (AvgIpc) is 3.12. The van der Waals surface area contributed by atoms with E-state index in [0.717, 1.165) is 18.4 Å². The molecule has 2 aliphatic rings. The number of hydrogen-bond acceptors (Lipinski definition) is 2. The lowest BCUT2D eigenvalue weighted by molar-refractivity contribution is -0.117. The van der Waals surface area contributed by atoms with Crippen LogP contribution in [0.5, 0.6) is 0 Å². The second-order valence-electron chi connectivity index (χ2n) is 7.96. The van der Waals surface area contributed by atoms with E-state index in [9.17, 15) is 4.79 Å². The zero-order chi connectivity index (χ0) is 17.9. The van der Waals surface area contributed by atoms with Crippen LogP contribution in [-0.2, 0) is 30.5 Å². The summed E-state index contributed by atoms with van der Waals surface area (Å²) in [6, 6.07) is 10.7. The van der Waals surface area contributed by atoms with Gasteiger partial charge in [-0.3, -0.25) is 9.78 Å². The van der Waals surface area contributed by atoms with Gasteiger partial charge in [-0.1, -0.05) is 43.5 Å². The van der Waals surface area contributed by atoms with Crippen molar-refractivity contribution in [2.45, 2.75) is 70.1 Å². The molecular weight excluding hydrogens is 320 g/mol. The number of nitrogens with two attached hydrogens (primary N) is 1. The molecule has 0 atom stereocenters. The van der Waals surface area contributed by atoms with Gasteiger partial charge in [-0.2, -0.15) is 0 Å². The van der Waals surface area contributed by atoms with Crippen LogP contribution in [0.4, 0.5) is 0 Å². The number of hydrogen-bond donors (Lipinski definition) is 1. The molecule has 1 aromatic carbocycles. The number of nitrogens with zero attached hydrogens (tertiary/aromatic N) is 1. The van der Waals surface area contributed by atoms with Crippen LogP contribution in [0.2, 0.25) is 0 Å². The van der Waals surface area contributed by atoms with Gasteiger partial charge in [-0.25, -0.2) is 0 Å². The Labute approximate surface area is 156 Å². The first-order valence-corrected chi connectivity index (χ1v) is 10.1. The number of primary amides is 1. The van der Waals surface area contributed by atoms with Gasteiger partial charge in [0.25, 0.3) is 0 Å². The molecular formula is C23H28N2O. The Morgan fingerprint density at radius 2 is 1.73 bits per heavy atom. The molecule has 1 fully saturated rings. The molecule has 2 aromatic rings. The highest BCUT2D eigenvalue weighted by molar-refractivity contribution is 5.76. The predicted octanol–water partition coefficient (Wildman–Crippen LogP) is 4.24. The highest BCUT2D eigenvalue weighted by Gasteiger charge is 2.22. The summed E-state index contributed by atoms with van der Waals surface area (Å²) in [7, 11) is 0. The van der Waals surface area contributed by atoms with E-state index in [1.165, 1.54) is 73.0 Å². The fourth-order valence-electron chi connectivity index (χ4n) is 4.61. The van der Waals surface area contributed by atoms with Gasteiger partial charge in [0.2, 0.25) is 5.91 Å². The van der Waals surface area contributed by atoms with E-state index >= 15 is 0 Å². The molecule has 136 valence electrons. The maximum atomic E-state index is 11.1. The minimum Gasteiger partial charge on any atom is -0.369 e. The smallest absolute Gasteiger partial charge is 0.221 e. The third-order valence-corrected chi connectivity index (χ3v) is 5.98. The van der Waals surface area contributed by atoms with Crippen LogP contribution >= 0.6 is 0 Å². The molecule has 0 bridgehead atoms. The quantitative estimate of drug-likeness (QED) is 0.879. The topological polar surface area (TPSA) is 56.0 Å². The Morgan fingerprint density at radius 1 is 1.00 bits per heavy atom. The van der Waals surface area contributed by atoms with Crippen molar-refractivity contribution in [2.75, 3.05) is 0 Å². The van der Waals surface area contributed by atoms with Gasteiger partial charge in [0.15, 0.2) is 0 Å². The van der Waals surface area contributed by atoms with E-state index in [4.69, 9.17) is 10.7 Å². The number of benzene rings is 1. The van der Waals surface area contributed by atoms with Crippen LogP contribution < -0.4 is 5.73 Å². The Bertz CT molecular complexity index is 789. The second-order valence-corrected chi connectivity index (χ2v) is 7.96. The molecule has 0 unspecified atom stereocenters. The van der Waals surface area contributed by atoms with Gasteiger partial charge in [-0.15, -0.1) is 0 Å². The number of rotatable bonds is 5. The van der Waals surface area contributed by atoms with Crippen LogP contribution in [0, 0.1) is 0 Å². The lowest BCUT2D eigenvalue weighted by Gasteiger charge is -2.23. The van der Waals surface area contributed by atoms with Crippen molar-refractivity contribution in [3.63, 3.8) is 0 Å². The first kappa shape index (κ1) is 17.3. The first-order valence-electron chi connectivity index (χ1n) is 10.1. The van der Waals surface area contributed by atoms with Crippen molar-refractivity contribution in [3.05, 3.63) is 64.0 Å². The Balaban J connectivity index is 1.59. The minimum absolute atomic E-state index is 0.276. The first-order chi connectivity index (χ1) is 12.7. The van der Waals surface area contributed by atoms with Gasteiger partial charge < -0.3 is 5.73 Å². The SMILES string of the molecule is NC(=O)Cc1ccc(Cc2cc(C3CCCCC3)nc3c2CCC3)cc1. The molecule has 4 rings (SSSR count). The molecule has 26 heavy (non-hydrogen) atoms. The molecule has 0 aliphatic heterocycles. The van der Waals surface area contributed by atoms with Crippen molar-refractivity contribution in [1.29, 1.82) is 0 Å². The molecule has 3 heteroatoms. The maximum Gasteiger partial charge on any atom is 0.221 e. The molecule has 3 nitrogen and oxygen atoms in total. The zero-order valence-corrected chi connectivity index (χ0v) is 15.5. The highest BCUT2D eigenvalue weighted by atomic mass is 16.1. The Hall–Kier alpha value is -2.16. The molecule has 1 heterocycles. The number of amides is 1. The fraction of sp³-hybridized carbons (Fsp3) is 0.478. The molecule has 2 aliphatic carbocycles. The molecule has 1 aromatic heterocycles. The number of carbonyl (C=O) groups is 1. The maximum absolute atomic E-state index is 11.1. The van der Waals surface area contributed by atoms with Crippen molar-refractivity contribution < 1.29 is 4.79 Å². The molecule has 0 saturated heterocycles. The number of aryl methyl sites for hydroxylation is 1. The molecule has 1 amide bonds.